The summed E-state index contributed by atoms with van der Waals surface area (Å²) in [6, 6.07) is 12.2. The third-order valence-electron chi connectivity index (χ3n) is 4.03. The van der Waals surface area contributed by atoms with E-state index in [-0.39, 0.29) is 11.7 Å². The topological polar surface area (TPSA) is 44.2 Å². The number of aromatic nitrogens is 2. The largest absolute Gasteiger partial charge is 0.482 e. The Kier molecular flexibility index (Phi) is 7.32. The minimum atomic E-state index is -0.369. The van der Waals surface area contributed by atoms with Crippen LogP contribution in [-0.2, 0) is 0 Å². The Morgan fingerprint density at radius 3 is 2.48 bits per heavy atom. The number of ether oxygens (including phenoxy) is 2. The summed E-state index contributed by atoms with van der Waals surface area (Å²) in [6.45, 7) is 10.2. The van der Waals surface area contributed by atoms with Crippen LogP contribution in [0.5, 0.6) is 11.6 Å². The molecular weight excluding hydrogens is 563 g/mol. The molecule has 154 valence electrons. The fourth-order valence-electron chi connectivity index (χ4n) is 2.77. The zero-order chi connectivity index (χ0) is 21.2. The van der Waals surface area contributed by atoms with Gasteiger partial charge in [0.25, 0.3) is 0 Å². The molecule has 2 aromatic carbocycles. The van der Waals surface area contributed by atoms with Gasteiger partial charge in [-0.2, -0.15) is 4.98 Å². The van der Waals surface area contributed by atoms with Gasteiger partial charge in [-0.15, -0.1) is 0 Å². The van der Waals surface area contributed by atoms with Crippen LogP contribution in [0.4, 0.5) is 0 Å². The van der Waals surface area contributed by atoms with E-state index in [1.165, 1.54) is 0 Å². The number of fused-ring (bicyclic) bond motifs is 1. The summed E-state index contributed by atoms with van der Waals surface area (Å²) in [4.78, 5) is 9.50. The molecule has 0 saturated carbocycles. The molecule has 0 amide bonds. The minimum Gasteiger partial charge on any atom is -0.482 e. The first-order valence-electron chi connectivity index (χ1n) is 9.42. The Morgan fingerprint density at radius 1 is 1.17 bits per heavy atom. The third kappa shape index (κ3) is 5.55. The molecule has 4 nitrogen and oxygen atoms in total. The van der Waals surface area contributed by atoms with Crippen molar-refractivity contribution in [3.63, 3.8) is 0 Å². The summed E-state index contributed by atoms with van der Waals surface area (Å²) >= 11 is 7.60. The highest BCUT2D eigenvalue weighted by Gasteiger charge is 2.23. The van der Waals surface area contributed by atoms with E-state index in [1.807, 2.05) is 52.0 Å². The lowest BCUT2D eigenvalue weighted by Crippen LogP contribution is -2.24. The number of nitrogens with zero attached hydrogens (tertiary/aromatic N) is 2. The Morgan fingerprint density at radius 2 is 1.86 bits per heavy atom. The predicted octanol–water partition coefficient (Wildman–Crippen LogP) is 7.43. The van der Waals surface area contributed by atoms with Gasteiger partial charge in [-0.25, -0.2) is 4.98 Å². The highest BCUT2D eigenvalue weighted by molar-refractivity contribution is 14.1. The second-order valence-corrected chi connectivity index (χ2v) is 10.7. The van der Waals surface area contributed by atoms with Gasteiger partial charge in [-0.3, -0.25) is 0 Å². The van der Waals surface area contributed by atoms with Gasteiger partial charge in [0, 0.05) is 3.57 Å². The van der Waals surface area contributed by atoms with Gasteiger partial charge in [0.15, 0.2) is 10.9 Å². The van der Waals surface area contributed by atoms with Crippen molar-refractivity contribution in [1.29, 1.82) is 0 Å². The monoisotopic (exact) mass is 586 g/mol. The van der Waals surface area contributed by atoms with Gasteiger partial charge < -0.3 is 9.47 Å². The average molecular weight is 587 g/mol. The molecule has 1 atom stereocenters. The summed E-state index contributed by atoms with van der Waals surface area (Å²) in [5.74, 6) is 2.17. The van der Waals surface area contributed by atoms with E-state index in [4.69, 9.17) is 14.5 Å². The molecule has 0 N–H and O–H groups in total. The molecule has 3 rings (SSSR count). The van der Waals surface area contributed by atoms with Crippen molar-refractivity contribution in [2.75, 3.05) is 5.75 Å². The van der Waals surface area contributed by atoms with Crippen LogP contribution in [-0.4, -0.2) is 21.3 Å². The molecule has 1 heterocycles. The molecule has 1 unspecified atom stereocenters. The molecule has 7 heteroatoms. The fraction of sp³-hybridized carbons (Fsp3) is 0.364. The summed E-state index contributed by atoms with van der Waals surface area (Å²) in [5, 5.41) is 1.54. The maximum absolute atomic E-state index is 6.44. The van der Waals surface area contributed by atoms with Gasteiger partial charge in [-0.1, -0.05) is 49.0 Å². The van der Waals surface area contributed by atoms with E-state index >= 15 is 0 Å². The van der Waals surface area contributed by atoms with Crippen molar-refractivity contribution < 1.29 is 9.47 Å². The summed E-state index contributed by atoms with van der Waals surface area (Å²) in [6.07, 6.45) is -0.127. The molecule has 0 saturated heterocycles. The Balaban J connectivity index is 2.18. The minimum absolute atomic E-state index is 0.127. The smallest absolute Gasteiger partial charge is 0.226 e. The number of halogens is 2. The predicted molar refractivity (Wildman–Crippen MR) is 132 cm³/mol. The molecule has 0 aliphatic heterocycles. The zero-order valence-electron chi connectivity index (χ0n) is 17.1. The first kappa shape index (κ1) is 22.6. The second kappa shape index (κ2) is 9.39. The molecule has 0 aliphatic rings. The van der Waals surface area contributed by atoms with Crippen LogP contribution in [0, 0.1) is 3.57 Å². The number of thioether (sulfide) groups is 1. The molecule has 0 bridgehead atoms. The van der Waals surface area contributed by atoms with E-state index < -0.39 is 0 Å². The van der Waals surface area contributed by atoms with Crippen molar-refractivity contribution in [3.05, 3.63) is 50.0 Å². The van der Waals surface area contributed by atoms with Crippen LogP contribution in [0.25, 0.3) is 10.9 Å². The van der Waals surface area contributed by atoms with Crippen LogP contribution in [0.1, 0.15) is 46.3 Å². The van der Waals surface area contributed by atoms with Crippen molar-refractivity contribution in [3.8, 4) is 11.6 Å². The Bertz CT molecular complexity index is 1010. The van der Waals surface area contributed by atoms with Gasteiger partial charge in [0.05, 0.1) is 9.86 Å². The highest BCUT2D eigenvalue weighted by atomic mass is 127. The van der Waals surface area contributed by atoms with Crippen LogP contribution < -0.4 is 9.47 Å². The molecule has 0 fully saturated rings. The third-order valence-corrected chi connectivity index (χ3v) is 7.13. The van der Waals surface area contributed by atoms with E-state index in [9.17, 15) is 0 Å². The van der Waals surface area contributed by atoms with E-state index in [0.717, 1.165) is 30.3 Å². The number of hydrogen-bond acceptors (Lipinski definition) is 5. The summed E-state index contributed by atoms with van der Waals surface area (Å²) in [7, 11) is 0. The maximum atomic E-state index is 6.44. The SMILES string of the molecule is CCSc1nc(OC(C)(C)C)c2cc(I)c(Br)c(OC(C)c3ccccc3)c2n1. The van der Waals surface area contributed by atoms with Crippen molar-refractivity contribution in [1.82, 2.24) is 9.97 Å². The van der Waals surface area contributed by atoms with E-state index in [2.05, 4.69) is 62.6 Å². The number of benzene rings is 2. The lowest BCUT2D eigenvalue weighted by atomic mass is 10.1. The first-order valence-corrected chi connectivity index (χ1v) is 12.3. The Labute approximate surface area is 198 Å². The van der Waals surface area contributed by atoms with Gasteiger partial charge in [0.2, 0.25) is 5.88 Å². The lowest BCUT2D eigenvalue weighted by Gasteiger charge is -2.23. The molecule has 1 aromatic heterocycles. The molecular formula is C22H24BrIN2O2S. The van der Waals surface area contributed by atoms with Gasteiger partial charge in [-0.05, 0) is 83.6 Å². The van der Waals surface area contributed by atoms with Gasteiger partial charge in [0.1, 0.15) is 17.2 Å². The van der Waals surface area contributed by atoms with Crippen molar-refractivity contribution in [2.24, 2.45) is 0 Å². The van der Waals surface area contributed by atoms with E-state index in [1.54, 1.807) is 11.8 Å². The molecule has 0 radical (unpaired) electrons. The lowest BCUT2D eigenvalue weighted by molar-refractivity contribution is 0.125. The Hall–Kier alpha value is -1.06. The normalized spacial score (nSPS) is 12.8. The quantitative estimate of drug-likeness (QED) is 0.171. The molecule has 29 heavy (non-hydrogen) atoms. The number of hydrogen-bond donors (Lipinski definition) is 0. The standard InChI is InChI=1S/C22H24BrIN2O2S/c1-6-29-21-25-18-15(20(26-21)28-22(3,4)5)12-16(24)17(23)19(18)27-13(2)14-10-8-7-9-11-14/h7-13H,6H2,1-5H3. The van der Waals surface area contributed by atoms with E-state index in [0.29, 0.717) is 16.8 Å². The van der Waals surface area contributed by atoms with Crippen molar-refractivity contribution in [2.45, 2.75) is 51.5 Å². The van der Waals surface area contributed by atoms with Crippen molar-refractivity contribution >= 4 is 61.2 Å². The van der Waals surface area contributed by atoms with Crippen LogP contribution in [0.2, 0.25) is 0 Å². The highest BCUT2D eigenvalue weighted by Crippen LogP contribution is 2.42. The van der Waals surface area contributed by atoms with Crippen LogP contribution in [0.15, 0.2) is 46.0 Å². The molecule has 3 aromatic rings. The summed E-state index contributed by atoms with van der Waals surface area (Å²) in [5.41, 5.74) is 1.49. The molecule has 0 aliphatic carbocycles. The number of rotatable bonds is 6. The van der Waals surface area contributed by atoms with Crippen LogP contribution in [0.3, 0.4) is 0 Å². The van der Waals surface area contributed by atoms with Crippen LogP contribution >= 0.6 is 50.3 Å². The molecule has 0 spiro atoms. The van der Waals surface area contributed by atoms with Gasteiger partial charge >= 0.3 is 0 Å². The fourth-order valence-corrected chi connectivity index (χ4v) is 4.29. The second-order valence-electron chi connectivity index (χ2n) is 7.53. The summed E-state index contributed by atoms with van der Waals surface area (Å²) < 4.78 is 14.5. The average Bonchev–Trinajstić information content (AvgIpc) is 2.66. The zero-order valence-corrected chi connectivity index (χ0v) is 21.7. The first-order chi connectivity index (χ1) is 13.7. The maximum Gasteiger partial charge on any atom is 0.226 e.